The summed E-state index contributed by atoms with van der Waals surface area (Å²) in [5.41, 5.74) is 0.836. The molecule has 0 saturated heterocycles. The van der Waals surface area contributed by atoms with Crippen LogP contribution in [0.3, 0.4) is 0 Å². The van der Waals surface area contributed by atoms with E-state index in [1.807, 2.05) is 6.07 Å². The highest BCUT2D eigenvalue weighted by molar-refractivity contribution is 7.86. The molecule has 0 saturated carbocycles. The lowest BCUT2D eigenvalue weighted by Crippen LogP contribution is -1.99. The van der Waals surface area contributed by atoms with Crippen LogP contribution in [0.15, 0.2) is 47.9 Å². The maximum atomic E-state index is 11.2. The van der Waals surface area contributed by atoms with Gasteiger partial charge in [0.15, 0.2) is 0 Å². The van der Waals surface area contributed by atoms with Crippen LogP contribution in [0.5, 0.6) is 0 Å². The molecule has 0 fully saturated rings. The van der Waals surface area contributed by atoms with Crippen molar-refractivity contribution < 1.29 is 13.0 Å². The van der Waals surface area contributed by atoms with Crippen LogP contribution < -0.4 is 0 Å². The quantitative estimate of drug-likeness (QED) is 0.813. The lowest BCUT2D eigenvalue weighted by atomic mass is 10.0. The van der Waals surface area contributed by atoms with Crippen LogP contribution in [0.4, 0.5) is 0 Å². The standard InChI is InChI=1S/C12H10O3S/c1-2-9-5-3-7-11-10(9)6-4-8-12(11)16(13,14)15/h2-8H,1H2,(H,13,14,15). The van der Waals surface area contributed by atoms with Crippen LogP contribution in [0.1, 0.15) is 5.56 Å². The first-order chi connectivity index (χ1) is 7.54. The second-order valence-electron chi connectivity index (χ2n) is 3.38. The summed E-state index contributed by atoms with van der Waals surface area (Å²) in [6.45, 7) is 3.66. The van der Waals surface area contributed by atoms with Crippen molar-refractivity contribution in [2.75, 3.05) is 0 Å². The van der Waals surface area contributed by atoms with E-state index in [2.05, 4.69) is 6.58 Å². The SMILES string of the molecule is C=Cc1cccc2c(S(=O)(=O)O)cccc12. The topological polar surface area (TPSA) is 54.4 Å². The van der Waals surface area contributed by atoms with Gasteiger partial charge < -0.3 is 0 Å². The Morgan fingerprint density at radius 3 is 2.31 bits per heavy atom. The summed E-state index contributed by atoms with van der Waals surface area (Å²) in [6.07, 6.45) is 1.65. The normalized spacial score (nSPS) is 11.6. The van der Waals surface area contributed by atoms with Gasteiger partial charge in [0.2, 0.25) is 0 Å². The largest absolute Gasteiger partial charge is 0.295 e. The van der Waals surface area contributed by atoms with Crippen LogP contribution in [-0.2, 0) is 10.1 Å². The lowest BCUT2D eigenvalue weighted by Gasteiger charge is -2.05. The average molecular weight is 234 g/mol. The zero-order chi connectivity index (χ0) is 11.8. The second-order valence-corrected chi connectivity index (χ2v) is 4.77. The smallest absolute Gasteiger partial charge is 0.282 e. The Kier molecular flexibility index (Phi) is 2.53. The molecule has 1 N–H and O–H groups in total. The fourth-order valence-electron chi connectivity index (χ4n) is 1.71. The summed E-state index contributed by atoms with van der Waals surface area (Å²) in [4.78, 5) is -0.0753. The molecule has 0 aromatic heterocycles. The molecule has 2 aromatic carbocycles. The van der Waals surface area contributed by atoms with Crippen molar-refractivity contribution in [1.82, 2.24) is 0 Å². The summed E-state index contributed by atoms with van der Waals surface area (Å²) < 4.78 is 31.4. The minimum Gasteiger partial charge on any atom is -0.282 e. The minimum absolute atomic E-state index is 0.0753. The zero-order valence-electron chi connectivity index (χ0n) is 8.42. The van der Waals surface area contributed by atoms with Crippen molar-refractivity contribution in [2.45, 2.75) is 4.90 Å². The minimum atomic E-state index is -4.19. The molecule has 3 nitrogen and oxygen atoms in total. The Morgan fingerprint density at radius 2 is 1.69 bits per heavy atom. The first kappa shape index (κ1) is 10.9. The van der Waals surface area contributed by atoms with E-state index < -0.39 is 10.1 Å². The second kappa shape index (κ2) is 3.73. The van der Waals surface area contributed by atoms with Gasteiger partial charge in [-0.3, -0.25) is 4.55 Å². The maximum Gasteiger partial charge on any atom is 0.295 e. The molecule has 2 rings (SSSR count). The maximum absolute atomic E-state index is 11.2. The molecule has 0 atom stereocenters. The molecule has 0 amide bonds. The Hall–Kier alpha value is -1.65. The zero-order valence-corrected chi connectivity index (χ0v) is 9.24. The number of fused-ring (bicyclic) bond motifs is 1. The van der Waals surface area contributed by atoms with Crippen LogP contribution in [0, 0.1) is 0 Å². The van der Waals surface area contributed by atoms with Crippen molar-refractivity contribution in [2.24, 2.45) is 0 Å². The van der Waals surface area contributed by atoms with Gasteiger partial charge in [0, 0.05) is 5.39 Å². The van der Waals surface area contributed by atoms with Gasteiger partial charge in [0.25, 0.3) is 10.1 Å². The molecule has 4 heteroatoms. The fourth-order valence-corrected chi connectivity index (χ4v) is 2.41. The third kappa shape index (κ3) is 1.73. The number of rotatable bonds is 2. The highest BCUT2D eigenvalue weighted by atomic mass is 32.2. The number of benzene rings is 2. The van der Waals surface area contributed by atoms with Crippen LogP contribution >= 0.6 is 0 Å². The number of hydrogen-bond acceptors (Lipinski definition) is 2. The van der Waals surface area contributed by atoms with Gasteiger partial charge in [-0.05, 0) is 17.0 Å². The Balaban J connectivity index is 2.95. The van der Waals surface area contributed by atoms with Gasteiger partial charge >= 0.3 is 0 Å². The number of hydrogen-bond donors (Lipinski definition) is 1. The van der Waals surface area contributed by atoms with E-state index in [1.54, 1.807) is 30.3 Å². The Bertz CT molecular complexity index is 657. The summed E-state index contributed by atoms with van der Waals surface area (Å²) in [7, 11) is -4.19. The third-order valence-electron chi connectivity index (χ3n) is 2.41. The van der Waals surface area contributed by atoms with Crippen LogP contribution in [-0.4, -0.2) is 13.0 Å². The summed E-state index contributed by atoms with van der Waals surface area (Å²) >= 11 is 0. The van der Waals surface area contributed by atoms with Crippen molar-refractivity contribution >= 4 is 27.0 Å². The molecule has 0 spiro atoms. The van der Waals surface area contributed by atoms with E-state index >= 15 is 0 Å². The highest BCUT2D eigenvalue weighted by Gasteiger charge is 2.13. The molecular weight excluding hydrogens is 224 g/mol. The van der Waals surface area contributed by atoms with Crippen molar-refractivity contribution in [3.8, 4) is 0 Å². The molecule has 0 bridgehead atoms. The van der Waals surface area contributed by atoms with Gasteiger partial charge in [0.05, 0.1) is 0 Å². The molecule has 82 valence electrons. The average Bonchev–Trinajstić information content (AvgIpc) is 2.26. The van der Waals surface area contributed by atoms with E-state index in [9.17, 15) is 8.42 Å². The monoisotopic (exact) mass is 234 g/mol. The predicted molar refractivity (Wildman–Crippen MR) is 63.9 cm³/mol. The summed E-state index contributed by atoms with van der Waals surface area (Å²) in [5, 5.41) is 1.26. The van der Waals surface area contributed by atoms with Crippen molar-refractivity contribution in [3.05, 3.63) is 48.5 Å². The van der Waals surface area contributed by atoms with E-state index in [0.29, 0.717) is 5.39 Å². The summed E-state index contributed by atoms with van der Waals surface area (Å²) in [6, 6.07) is 9.99. The molecule has 0 aliphatic rings. The van der Waals surface area contributed by atoms with Gasteiger partial charge in [-0.1, -0.05) is 43.0 Å². The van der Waals surface area contributed by atoms with E-state index in [4.69, 9.17) is 4.55 Å². The van der Waals surface area contributed by atoms with E-state index in [1.165, 1.54) is 6.07 Å². The first-order valence-electron chi connectivity index (χ1n) is 4.65. The molecule has 0 heterocycles. The molecule has 0 unspecified atom stereocenters. The van der Waals surface area contributed by atoms with Gasteiger partial charge in [-0.2, -0.15) is 8.42 Å². The fraction of sp³-hybridized carbons (Fsp3) is 0. The van der Waals surface area contributed by atoms with E-state index in [0.717, 1.165) is 10.9 Å². The van der Waals surface area contributed by atoms with Gasteiger partial charge in [-0.15, -0.1) is 0 Å². The predicted octanol–water partition coefficient (Wildman–Crippen LogP) is 2.73. The van der Waals surface area contributed by atoms with Crippen LogP contribution in [0.25, 0.3) is 16.8 Å². The molecule has 0 radical (unpaired) electrons. The summed E-state index contributed by atoms with van der Waals surface area (Å²) in [5.74, 6) is 0. The van der Waals surface area contributed by atoms with E-state index in [-0.39, 0.29) is 4.90 Å². The van der Waals surface area contributed by atoms with Crippen molar-refractivity contribution in [3.63, 3.8) is 0 Å². The molecule has 16 heavy (non-hydrogen) atoms. The first-order valence-corrected chi connectivity index (χ1v) is 6.10. The molecule has 0 aliphatic heterocycles. The molecule has 2 aromatic rings. The van der Waals surface area contributed by atoms with Gasteiger partial charge in [-0.25, -0.2) is 0 Å². The lowest BCUT2D eigenvalue weighted by molar-refractivity contribution is 0.484. The molecular formula is C12H10O3S. The Morgan fingerprint density at radius 1 is 1.06 bits per heavy atom. The Labute approximate surface area is 93.8 Å². The third-order valence-corrected chi connectivity index (χ3v) is 3.33. The van der Waals surface area contributed by atoms with Crippen molar-refractivity contribution in [1.29, 1.82) is 0 Å². The van der Waals surface area contributed by atoms with Gasteiger partial charge in [0.1, 0.15) is 4.90 Å². The van der Waals surface area contributed by atoms with Crippen LogP contribution in [0.2, 0.25) is 0 Å². The molecule has 0 aliphatic carbocycles. The highest BCUT2D eigenvalue weighted by Crippen LogP contribution is 2.25.